The normalized spacial score (nSPS) is 11.2. The van der Waals surface area contributed by atoms with Crippen LogP contribution in [0, 0.1) is 0 Å². The summed E-state index contributed by atoms with van der Waals surface area (Å²) in [5.41, 5.74) is 7.01. The van der Waals surface area contributed by atoms with Crippen molar-refractivity contribution in [3.8, 4) is 11.1 Å². The molecule has 0 amide bonds. The molecule has 0 unspecified atom stereocenters. The Hall–Kier alpha value is -3.39. The van der Waals surface area contributed by atoms with Gasteiger partial charge in [-0.05, 0) is 52.6 Å². The Balaban J connectivity index is 1.70. The SMILES string of the molecule is CN(C)c1ccc(/C=C/c2ccnc3ccc(-c4ccccc4)cc23)cc1. The maximum absolute atomic E-state index is 4.52. The fourth-order valence-corrected chi connectivity index (χ4v) is 3.19. The third-order valence-corrected chi connectivity index (χ3v) is 4.75. The fourth-order valence-electron chi connectivity index (χ4n) is 3.19. The smallest absolute Gasteiger partial charge is 0.0708 e. The maximum atomic E-state index is 4.52. The molecule has 0 aliphatic rings. The first-order chi connectivity index (χ1) is 13.2. The van der Waals surface area contributed by atoms with Crippen molar-refractivity contribution in [2.75, 3.05) is 19.0 Å². The molecule has 2 heteroatoms. The lowest BCUT2D eigenvalue weighted by Gasteiger charge is -2.11. The van der Waals surface area contributed by atoms with Gasteiger partial charge in [0.2, 0.25) is 0 Å². The van der Waals surface area contributed by atoms with E-state index in [1.165, 1.54) is 33.3 Å². The van der Waals surface area contributed by atoms with Crippen LogP contribution in [-0.2, 0) is 0 Å². The molecule has 0 radical (unpaired) electrons. The molecule has 27 heavy (non-hydrogen) atoms. The third kappa shape index (κ3) is 3.75. The van der Waals surface area contributed by atoms with Crippen LogP contribution in [0.15, 0.2) is 85.1 Å². The molecule has 0 aliphatic heterocycles. The zero-order valence-electron chi connectivity index (χ0n) is 15.6. The van der Waals surface area contributed by atoms with E-state index in [4.69, 9.17) is 0 Å². The molecule has 0 saturated carbocycles. The summed E-state index contributed by atoms with van der Waals surface area (Å²) in [4.78, 5) is 6.63. The minimum absolute atomic E-state index is 1.01. The Morgan fingerprint density at radius 2 is 1.52 bits per heavy atom. The summed E-state index contributed by atoms with van der Waals surface area (Å²) < 4.78 is 0. The van der Waals surface area contributed by atoms with Crippen molar-refractivity contribution in [1.82, 2.24) is 4.98 Å². The number of aromatic nitrogens is 1. The van der Waals surface area contributed by atoms with Gasteiger partial charge in [0.25, 0.3) is 0 Å². The summed E-state index contributed by atoms with van der Waals surface area (Å²) in [7, 11) is 4.11. The molecule has 4 aromatic rings. The molecule has 0 N–H and O–H groups in total. The van der Waals surface area contributed by atoms with Gasteiger partial charge in [-0.2, -0.15) is 0 Å². The summed E-state index contributed by atoms with van der Waals surface area (Å²) in [5.74, 6) is 0. The lowest BCUT2D eigenvalue weighted by Crippen LogP contribution is -2.07. The van der Waals surface area contributed by atoms with E-state index in [0.717, 1.165) is 5.52 Å². The molecule has 132 valence electrons. The van der Waals surface area contributed by atoms with E-state index >= 15 is 0 Å². The highest BCUT2D eigenvalue weighted by molar-refractivity contribution is 5.93. The van der Waals surface area contributed by atoms with E-state index in [0.29, 0.717) is 0 Å². The second kappa shape index (κ2) is 7.46. The predicted molar refractivity (Wildman–Crippen MR) is 117 cm³/mol. The molecule has 1 heterocycles. The fraction of sp³-hybridized carbons (Fsp3) is 0.0800. The first-order valence-electron chi connectivity index (χ1n) is 9.10. The van der Waals surface area contributed by atoms with Crippen molar-refractivity contribution in [3.63, 3.8) is 0 Å². The van der Waals surface area contributed by atoms with Gasteiger partial charge in [0.1, 0.15) is 0 Å². The first-order valence-corrected chi connectivity index (χ1v) is 9.10. The minimum atomic E-state index is 1.01. The Labute approximate surface area is 160 Å². The summed E-state index contributed by atoms with van der Waals surface area (Å²) >= 11 is 0. The van der Waals surface area contributed by atoms with E-state index < -0.39 is 0 Å². The topological polar surface area (TPSA) is 16.1 Å². The Morgan fingerprint density at radius 3 is 2.26 bits per heavy atom. The third-order valence-electron chi connectivity index (χ3n) is 4.75. The van der Waals surface area contributed by atoms with E-state index in [9.17, 15) is 0 Å². The van der Waals surface area contributed by atoms with Crippen LogP contribution in [0.25, 0.3) is 34.2 Å². The molecule has 0 spiro atoms. The maximum Gasteiger partial charge on any atom is 0.0708 e. The van der Waals surface area contributed by atoms with Crippen LogP contribution in [-0.4, -0.2) is 19.1 Å². The van der Waals surface area contributed by atoms with Crippen molar-refractivity contribution < 1.29 is 0 Å². The van der Waals surface area contributed by atoms with Crippen LogP contribution in [0.2, 0.25) is 0 Å². The summed E-state index contributed by atoms with van der Waals surface area (Å²) in [5, 5.41) is 1.17. The first kappa shape index (κ1) is 17.0. The molecule has 2 nitrogen and oxygen atoms in total. The number of nitrogens with zero attached hydrogens (tertiary/aromatic N) is 2. The highest BCUT2D eigenvalue weighted by Gasteiger charge is 2.03. The van der Waals surface area contributed by atoms with Crippen LogP contribution >= 0.6 is 0 Å². The lowest BCUT2D eigenvalue weighted by molar-refractivity contribution is 1.13. The van der Waals surface area contributed by atoms with Crippen LogP contribution < -0.4 is 4.90 Å². The molecule has 1 aromatic heterocycles. The number of rotatable bonds is 4. The van der Waals surface area contributed by atoms with Crippen molar-refractivity contribution >= 4 is 28.7 Å². The Kier molecular flexibility index (Phi) is 4.71. The molecule has 4 rings (SSSR count). The van der Waals surface area contributed by atoms with Gasteiger partial charge < -0.3 is 4.90 Å². The van der Waals surface area contributed by atoms with Crippen LogP contribution in [0.1, 0.15) is 11.1 Å². The number of anilines is 1. The van der Waals surface area contributed by atoms with Gasteiger partial charge in [0.05, 0.1) is 5.52 Å². The van der Waals surface area contributed by atoms with Gasteiger partial charge in [-0.25, -0.2) is 0 Å². The van der Waals surface area contributed by atoms with E-state index in [2.05, 4.69) is 109 Å². The van der Waals surface area contributed by atoms with Gasteiger partial charge in [0.15, 0.2) is 0 Å². The quantitative estimate of drug-likeness (QED) is 0.439. The summed E-state index contributed by atoms with van der Waals surface area (Å²) in [6.45, 7) is 0. The van der Waals surface area contributed by atoms with Crippen molar-refractivity contribution in [2.45, 2.75) is 0 Å². The molecule has 0 aliphatic carbocycles. The lowest BCUT2D eigenvalue weighted by atomic mass is 10.0. The molecular weight excluding hydrogens is 328 g/mol. The van der Waals surface area contributed by atoms with Gasteiger partial charge in [-0.15, -0.1) is 0 Å². The monoisotopic (exact) mass is 350 g/mol. The molecule has 0 bridgehead atoms. The standard InChI is InChI=1S/C25H22N2/c1-27(2)23-13-9-19(10-14-23)8-11-21-16-17-26-25-15-12-22(18-24(21)25)20-6-4-3-5-7-20/h3-18H,1-2H3/b11-8+. The van der Waals surface area contributed by atoms with Crippen LogP contribution in [0.5, 0.6) is 0 Å². The zero-order valence-corrected chi connectivity index (χ0v) is 15.6. The zero-order chi connectivity index (χ0) is 18.6. The highest BCUT2D eigenvalue weighted by Crippen LogP contribution is 2.26. The predicted octanol–water partition coefficient (Wildman–Crippen LogP) is 6.14. The molecule has 3 aromatic carbocycles. The number of pyridine rings is 1. The number of fused-ring (bicyclic) bond motifs is 1. The Bertz CT molecular complexity index is 1080. The van der Waals surface area contributed by atoms with Crippen molar-refractivity contribution in [3.05, 3.63) is 96.2 Å². The van der Waals surface area contributed by atoms with Gasteiger partial charge >= 0.3 is 0 Å². The van der Waals surface area contributed by atoms with Crippen molar-refractivity contribution in [1.29, 1.82) is 0 Å². The summed E-state index contributed by atoms with van der Waals surface area (Å²) in [6, 6.07) is 27.6. The minimum Gasteiger partial charge on any atom is -0.378 e. The van der Waals surface area contributed by atoms with Crippen LogP contribution in [0.3, 0.4) is 0 Å². The Morgan fingerprint density at radius 1 is 0.741 bits per heavy atom. The van der Waals surface area contributed by atoms with E-state index in [-0.39, 0.29) is 0 Å². The van der Waals surface area contributed by atoms with Crippen molar-refractivity contribution in [2.24, 2.45) is 0 Å². The second-order valence-electron chi connectivity index (χ2n) is 6.82. The van der Waals surface area contributed by atoms with Gasteiger partial charge in [-0.3, -0.25) is 4.98 Å². The molecule has 0 fully saturated rings. The van der Waals surface area contributed by atoms with Gasteiger partial charge in [0, 0.05) is 31.4 Å². The van der Waals surface area contributed by atoms with Gasteiger partial charge in [-0.1, -0.05) is 60.7 Å². The second-order valence-corrected chi connectivity index (χ2v) is 6.82. The number of benzene rings is 3. The number of hydrogen-bond acceptors (Lipinski definition) is 2. The average Bonchev–Trinajstić information content (AvgIpc) is 2.72. The van der Waals surface area contributed by atoms with E-state index in [1.54, 1.807) is 0 Å². The average molecular weight is 350 g/mol. The number of hydrogen-bond donors (Lipinski definition) is 0. The highest BCUT2D eigenvalue weighted by atomic mass is 15.1. The molecule has 0 atom stereocenters. The summed E-state index contributed by atoms with van der Waals surface area (Å²) in [6.07, 6.45) is 6.20. The largest absolute Gasteiger partial charge is 0.378 e. The van der Waals surface area contributed by atoms with E-state index in [1.807, 2.05) is 12.3 Å². The van der Waals surface area contributed by atoms with Crippen LogP contribution in [0.4, 0.5) is 5.69 Å². The molecular formula is C25H22N2. The molecule has 0 saturated heterocycles.